The van der Waals surface area contributed by atoms with Gasteiger partial charge in [-0.2, -0.15) is 0 Å². The van der Waals surface area contributed by atoms with Crippen LogP contribution in [0.5, 0.6) is 5.75 Å². The van der Waals surface area contributed by atoms with E-state index in [4.69, 9.17) is 16.3 Å². The minimum Gasteiger partial charge on any atom is -0.495 e. The number of carbonyl (C=O) groups excluding carboxylic acids is 2. The molecule has 1 fully saturated rings. The highest BCUT2D eigenvalue weighted by Crippen LogP contribution is 2.26. The van der Waals surface area contributed by atoms with Gasteiger partial charge in [-0.1, -0.05) is 17.7 Å². The second-order valence-corrected chi connectivity index (χ2v) is 6.10. The molecule has 23 heavy (non-hydrogen) atoms. The molecule has 0 aromatic heterocycles. The molecular weight excluding hydrogens is 320 g/mol. The number of rotatable bonds is 5. The van der Waals surface area contributed by atoms with E-state index in [2.05, 4.69) is 5.32 Å². The molecule has 2 unspecified atom stereocenters. The molecule has 1 aliphatic rings. The molecule has 1 aliphatic heterocycles. The molecule has 0 saturated carbocycles. The maximum atomic E-state index is 12.4. The highest BCUT2D eigenvalue weighted by atomic mass is 35.5. The van der Waals surface area contributed by atoms with Crippen LogP contribution in [0.3, 0.4) is 0 Å². The van der Waals surface area contributed by atoms with Crippen LogP contribution in [0.2, 0.25) is 5.02 Å². The van der Waals surface area contributed by atoms with Gasteiger partial charge in [0.05, 0.1) is 24.6 Å². The molecule has 1 saturated heterocycles. The van der Waals surface area contributed by atoms with Crippen molar-refractivity contribution in [3.05, 3.63) is 28.8 Å². The van der Waals surface area contributed by atoms with Crippen LogP contribution in [-0.4, -0.2) is 54.7 Å². The van der Waals surface area contributed by atoms with Crippen molar-refractivity contribution < 1.29 is 19.4 Å². The number of aliphatic hydroxyl groups is 1. The van der Waals surface area contributed by atoms with E-state index < -0.39 is 0 Å². The number of hydrogen-bond acceptors (Lipinski definition) is 4. The van der Waals surface area contributed by atoms with Crippen molar-refractivity contribution in [3.8, 4) is 5.75 Å². The van der Waals surface area contributed by atoms with Gasteiger partial charge in [0.2, 0.25) is 11.8 Å². The SMILES string of the molecule is COc1ccc(CC(=O)N2CC(CO)C(NC(C)=O)C2)cc1Cl. The lowest BCUT2D eigenvalue weighted by molar-refractivity contribution is -0.130. The lowest BCUT2D eigenvalue weighted by Gasteiger charge is -2.17. The molecular formula is C16H21ClN2O4. The fourth-order valence-corrected chi connectivity index (χ4v) is 3.07. The monoisotopic (exact) mass is 340 g/mol. The van der Waals surface area contributed by atoms with Crippen LogP contribution < -0.4 is 10.1 Å². The average Bonchev–Trinajstić information content (AvgIpc) is 2.89. The average molecular weight is 341 g/mol. The molecule has 6 nitrogen and oxygen atoms in total. The Balaban J connectivity index is 2.01. The molecule has 1 aromatic carbocycles. The summed E-state index contributed by atoms with van der Waals surface area (Å²) < 4.78 is 5.09. The van der Waals surface area contributed by atoms with Gasteiger partial charge in [-0.15, -0.1) is 0 Å². The number of aliphatic hydroxyl groups excluding tert-OH is 1. The third-order valence-corrected chi connectivity index (χ3v) is 4.28. The Morgan fingerprint density at radius 3 is 2.74 bits per heavy atom. The molecule has 2 amide bonds. The van der Waals surface area contributed by atoms with E-state index in [0.29, 0.717) is 23.9 Å². The van der Waals surface area contributed by atoms with E-state index in [0.717, 1.165) is 5.56 Å². The standard InChI is InChI=1S/C16H21ClN2O4/c1-10(21)18-14-8-19(7-12(14)9-20)16(22)6-11-3-4-15(23-2)13(17)5-11/h3-5,12,14,20H,6-9H2,1-2H3,(H,18,21). The Morgan fingerprint density at radius 1 is 1.43 bits per heavy atom. The second-order valence-electron chi connectivity index (χ2n) is 5.69. The van der Waals surface area contributed by atoms with Gasteiger partial charge in [0.15, 0.2) is 0 Å². The van der Waals surface area contributed by atoms with Gasteiger partial charge in [0.1, 0.15) is 5.75 Å². The van der Waals surface area contributed by atoms with E-state index in [1.54, 1.807) is 23.1 Å². The van der Waals surface area contributed by atoms with Crippen LogP contribution in [-0.2, 0) is 16.0 Å². The molecule has 0 radical (unpaired) electrons. The number of nitrogens with zero attached hydrogens (tertiary/aromatic N) is 1. The Bertz CT molecular complexity index is 593. The molecule has 0 spiro atoms. The first kappa shape index (κ1) is 17.6. The molecule has 0 bridgehead atoms. The normalized spacial score (nSPS) is 20.4. The van der Waals surface area contributed by atoms with Crippen LogP contribution in [0.25, 0.3) is 0 Å². The lowest BCUT2D eigenvalue weighted by Crippen LogP contribution is -2.40. The Hall–Kier alpha value is -1.79. The van der Waals surface area contributed by atoms with Crippen molar-refractivity contribution in [1.29, 1.82) is 0 Å². The maximum Gasteiger partial charge on any atom is 0.227 e. The van der Waals surface area contributed by atoms with Crippen molar-refractivity contribution in [2.24, 2.45) is 5.92 Å². The van der Waals surface area contributed by atoms with Gasteiger partial charge in [-0.3, -0.25) is 9.59 Å². The van der Waals surface area contributed by atoms with E-state index in [9.17, 15) is 14.7 Å². The zero-order valence-electron chi connectivity index (χ0n) is 13.2. The summed E-state index contributed by atoms with van der Waals surface area (Å²) in [6.07, 6.45) is 0.217. The summed E-state index contributed by atoms with van der Waals surface area (Å²) in [4.78, 5) is 25.3. The minimum atomic E-state index is -0.207. The van der Waals surface area contributed by atoms with Crippen molar-refractivity contribution in [2.45, 2.75) is 19.4 Å². The summed E-state index contributed by atoms with van der Waals surface area (Å²) in [5, 5.41) is 12.7. The number of hydrogen-bond donors (Lipinski definition) is 2. The molecule has 126 valence electrons. The summed E-state index contributed by atoms with van der Waals surface area (Å²) in [7, 11) is 1.54. The topological polar surface area (TPSA) is 78.9 Å². The van der Waals surface area contributed by atoms with E-state index in [1.165, 1.54) is 14.0 Å². The number of halogens is 1. The fourth-order valence-electron chi connectivity index (χ4n) is 2.79. The number of ether oxygens (including phenoxy) is 1. The summed E-state index contributed by atoms with van der Waals surface area (Å²) >= 11 is 6.07. The van der Waals surface area contributed by atoms with Gasteiger partial charge < -0.3 is 20.1 Å². The number of amides is 2. The second kappa shape index (κ2) is 7.66. The summed E-state index contributed by atoms with van der Waals surface area (Å²) in [5.74, 6) is 0.208. The largest absolute Gasteiger partial charge is 0.495 e. The molecule has 0 aliphatic carbocycles. The highest BCUT2D eigenvalue weighted by molar-refractivity contribution is 6.32. The zero-order valence-corrected chi connectivity index (χ0v) is 14.0. The molecule has 1 aromatic rings. The number of nitrogens with one attached hydrogen (secondary N) is 1. The summed E-state index contributed by atoms with van der Waals surface area (Å²) in [5.41, 5.74) is 0.796. The van der Waals surface area contributed by atoms with Crippen LogP contribution in [0, 0.1) is 5.92 Å². The Kier molecular flexibility index (Phi) is 5.85. The third kappa shape index (κ3) is 4.36. The van der Waals surface area contributed by atoms with Gasteiger partial charge in [0.25, 0.3) is 0 Å². The van der Waals surface area contributed by atoms with Crippen molar-refractivity contribution in [1.82, 2.24) is 10.2 Å². The zero-order chi connectivity index (χ0) is 17.0. The molecule has 1 heterocycles. The van der Waals surface area contributed by atoms with E-state index in [-0.39, 0.29) is 36.8 Å². The van der Waals surface area contributed by atoms with Crippen LogP contribution in [0.1, 0.15) is 12.5 Å². The minimum absolute atomic E-state index is 0.0578. The lowest BCUT2D eigenvalue weighted by atomic mass is 10.1. The highest BCUT2D eigenvalue weighted by Gasteiger charge is 2.35. The predicted octanol–water partition coefficient (Wildman–Crippen LogP) is 0.847. The van der Waals surface area contributed by atoms with Crippen molar-refractivity contribution >= 4 is 23.4 Å². The third-order valence-electron chi connectivity index (χ3n) is 3.99. The maximum absolute atomic E-state index is 12.4. The van der Waals surface area contributed by atoms with Gasteiger partial charge in [-0.05, 0) is 17.7 Å². The number of likely N-dealkylation sites (tertiary alicyclic amines) is 1. The summed E-state index contributed by atoms with van der Waals surface area (Å²) in [6.45, 7) is 2.21. The first-order chi connectivity index (χ1) is 10.9. The smallest absolute Gasteiger partial charge is 0.227 e. The van der Waals surface area contributed by atoms with Crippen LogP contribution >= 0.6 is 11.6 Å². The van der Waals surface area contributed by atoms with Crippen LogP contribution in [0.4, 0.5) is 0 Å². The van der Waals surface area contributed by atoms with Gasteiger partial charge in [-0.25, -0.2) is 0 Å². The first-order valence-electron chi connectivity index (χ1n) is 7.42. The Morgan fingerprint density at radius 2 is 2.17 bits per heavy atom. The molecule has 2 rings (SSSR count). The van der Waals surface area contributed by atoms with E-state index >= 15 is 0 Å². The number of methoxy groups -OCH3 is 1. The van der Waals surface area contributed by atoms with Gasteiger partial charge >= 0.3 is 0 Å². The summed E-state index contributed by atoms with van der Waals surface area (Å²) in [6, 6.07) is 5.03. The van der Waals surface area contributed by atoms with Crippen LogP contribution in [0.15, 0.2) is 18.2 Å². The predicted molar refractivity (Wildman–Crippen MR) is 86.5 cm³/mol. The van der Waals surface area contributed by atoms with Gasteiger partial charge in [0, 0.05) is 32.5 Å². The first-order valence-corrected chi connectivity index (χ1v) is 7.80. The number of benzene rings is 1. The van der Waals surface area contributed by atoms with Crippen molar-refractivity contribution in [2.75, 3.05) is 26.8 Å². The number of carbonyl (C=O) groups is 2. The quantitative estimate of drug-likeness (QED) is 0.832. The van der Waals surface area contributed by atoms with Crippen molar-refractivity contribution in [3.63, 3.8) is 0 Å². The fraction of sp³-hybridized carbons (Fsp3) is 0.500. The Labute approximate surface area is 140 Å². The molecule has 7 heteroatoms. The molecule has 2 N–H and O–H groups in total. The molecule has 2 atom stereocenters. The van der Waals surface area contributed by atoms with E-state index in [1.807, 2.05) is 0 Å².